The average molecular weight is 463 g/mol. The van der Waals surface area contributed by atoms with Crippen LogP contribution in [-0.2, 0) is 34.1 Å². The second-order valence-corrected chi connectivity index (χ2v) is 11.9. The summed E-state index contributed by atoms with van der Waals surface area (Å²) in [4.78, 5) is 13.0. The van der Waals surface area contributed by atoms with Gasteiger partial charge in [-0.2, -0.15) is 4.31 Å². The van der Waals surface area contributed by atoms with Gasteiger partial charge in [-0.3, -0.25) is 4.79 Å². The Morgan fingerprint density at radius 2 is 1.87 bits per heavy atom. The van der Waals surface area contributed by atoms with Gasteiger partial charge < -0.3 is 5.32 Å². The fourth-order valence-corrected chi connectivity index (χ4v) is 6.80. The van der Waals surface area contributed by atoms with Gasteiger partial charge in [-0.15, -0.1) is 10.2 Å². The van der Waals surface area contributed by atoms with Crippen molar-refractivity contribution >= 4 is 32.4 Å². The van der Waals surface area contributed by atoms with E-state index in [0.29, 0.717) is 41.9 Å². The molecule has 2 aromatic rings. The summed E-state index contributed by atoms with van der Waals surface area (Å²) in [7, 11) is -3.53. The molecule has 1 fully saturated rings. The molecule has 31 heavy (non-hydrogen) atoms. The molecule has 1 amide bonds. The predicted molar refractivity (Wildman–Crippen MR) is 122 cm³/mol. The van der Waals surface area contributed by atoms with Crippen molar-refractivity contribution in [1.82, 2.24) is 14.5 Å². The third-order valence-electron chi connectivity index (χ3n) is 6.06. The van der Waals surface area contributed by atoms with Gasteiger partial charge in [-0.05, 0) is 67.7 Å². The first-order chi connectivity index (χ1) is 14.8. The molecule has 2 aliphatic rings. The molecule has 0 unspecified atom stereocenters. The van der Waals surface area contributed by atoms with E-state index in [4.69, 9.17) is 0 Å². The molecule has 4 rings (SSSR count). The van der Waals surface area contributed by atoms with Gasteiger partial charge >= 0.3 is 0 Å². The Hall–Kier alpha value is -1.84. The summed E-state index contributed by atoms with van der Waals surface area (Å²) in [5.41, 5.74) is 2.43. The van der Waals surface area contributed by atoms with E-state index in [1.165, 1.54) is 27.6 Å². The summed E-state index contributed by atoms with van der Waals surface area (Å²) >= 11 is 1.41. The number of nitrogens with one attached hydrogen (secondary N) is 1. The molecule has 0 radical (unpaired) electrons. The monoisotopic (exact) mass is 462 g/mol. The zero-order valence-electron chi connectivity index (χ0n) is 18.1. The number of aromatic nitrogens is 2. The lowest BCUT2D eigenvalue weighted by Gasteiger charge is -2.30. The lowest BCUT2D eigenvalue weighted by molar-refractivity contribution is -0.120. The smallest absolute Gasteiger partial charge is 0.243 e. The second kappa shape index (κ2) is 9.34. The van der Waals surface area contributed by atoms with Gasteiger partial charge in [0.15, 0.2) is 0 Å². The number of rotatable bonds is 6. The molecule has 1 aliphatic heterocycles. The van der Waals surface area contributed by atoms with Crippen molar-refractivity contribution in [3.05, 3.63) is 34.3 Å². The summed E-state index contributed by atoms with van der Waals surface area (Å²) in [6.45, 7) is 4.94. The van der Waals surface area contributed by atoms with Gasteiger partial charge in [0.05, 0.1) is 4.90 Å². The van der Waals surface area contributed by atoms with Crippen LogP contribution in [0.5, 0.6) is 0 Å². The van der Waals surface area contributed by atoms with Gasteiger partial charge in [-0.25, -0.2) is 8.42 Å². The predicted octanol–water partition coefficient (Wildman–Crippen LogP) is 3.65. The van der Waals surface area contributed by atoms with E-state index in [2.05, 4.69) is 29.4 Å². The van der Waals surface area contributed by atoms with E-state index in [9.17, 15) is 13.2 Å². The van der Waals surface area contributed by atoms with Crippen LogP contribution in [0.2, 0.25) is 0 Å². The minimum atomic E-state index is -3.53. The van der Waals surface area contributed by atoms with Crippen molar-refractivity contribution in [3.8, 4) is 0 Å². The van der Waals surface area contributed by atoms with Crippen LogP contribution in [-0.4, -0.2) is 41.9 Å². The summed E-state index contributed by atoms with van der Waals surface area (Å²) < 4.78 is 27.8. The highest BCUT2D eigenvalue weighted by Crippen LogP contribution is 2.29. The SMILES string of the molecule is CC(C)Cc1nnc(NC(=O)C2CCN(S(=O)(=O)c3ccc4c(c3)CCCC4)CC2)s1. The molecule has 0 bridgehead atoms. The minimum absolute atomic E-state index is 0.0990. The lowest BCUT2D eigenvalue weighted by atomic mass is 9.92. The molecule has 1 aromatic carbocycles. The Balaban J connectivity index is 1.35. The fraction of sp³-hybridized carbons (Fsp3) is 0.591. The van der Waals surface area contributed by atoms with Crippen LogP contribution in [0.1, 0.15) is 55.7 Å². The van der Waals surface area contributed by atoms with Crippen LogP contribution in [0.3, 0.4) is 0 Å². The van der Waals surface area contributed by atoms with E-state index in [0.717, 1.165) is 36.3 Å². The number of carbonyl (C=O) groups excluding carboxylic acids is 1. The third kappa shape index (κ3) is 5.15. The zero-order chi connectivity index (χ0) is 22.0. The van der Waals surface area contributed by atoms with E-state index in [-0.39, 0.29) is 11.8 Å². The topological polar surface area (TPSA) is 92.3 Å². The molecule has 0 spiro atoms. The Bertz CT molecular complexity index is 1040. The van der Waals surface area contributed by atoms with Crippen LogP contribution in [0, 0.1) is 11.8 Å². The molecule has 0 saturated carbocycles. The van der Waals surface area contributed by atoms with Gasteiger partial charge in [0.25, 0.3) is 0 Å². The zero-order valence-corrected chi connectivity index (χ0v) is 19.8. The van der Waals surface area contributed by atoms with Crippen LogP contribution in [0.25, 0.3) is 0 Å². The lowest BCUT2D eigenvalue weighted by Crippen LogP contribution is -2.41. The van der Waals surface area contributed by atoms with Crippen molar-refractivity contribution in [1.29, 1.82) is 0 Å². The molecule has 1 aliphatic carbocycles. The van der Waals surface area contributed by atoms with Crippen molar-refractivity contribution in [2.75, 3.05) is 18.4 Å². The van der Waals surface area contributed by atoms with Gasteiger partial charge in [0.1, 0.15) is 5.01 Å². The number of aryl methyl sites for hydroxylation is 2. The first-order valence-electron chi connectivity index (χ1n) is 11.1. The van der Waals surface area contributed by atoms with Gasteiger partial charge in [0.2, 0.25) is 21.1 Å². The number of hydrogen-bond donors (Lipinski definition) is 1. The van der Waals surface area contributed by atoms with Crippen LogP contribution >= 0.6 is 11.3 Å². The molecule has 1 N–H and O–H groups in total. The number of benzene rings is 1. The van der Waals surface area contributed by atoms with Crippen molar-refractivity contribution in [2.45, 2.75) is 63.7 Å². The summed E-state index contributed by atoms with van der Waals surface area (Å²) in [5, 5.41) is 12.5. The number of anilines is 1. The number of sulfonamides is 1. The molecule has 1 aromatic heterocycles. The van der Waals surface area contributed by atoms with E-state index in [1.807, 2.05) is 12.1 Å². The number of amides is 1. The molecule has 7 nitrogen and oxygen atoms in total. The maximum absolute atomic E-state index is 13.1. The number of hydrogen-bond acceptors (Lipinski definition) is 6. The average Bonchev–Trinajstić information content (AvgIpc) is 3.19. The summed E-state index contributed by atoms with van der Waals surface area (Å²) in [6, 6.07) is 5.56. The maximum atomic E-state index is 13.1. The Labute approximate surface area is 188 Å². The normalized spacial score (nSPS) is 18.2. The minimum Gasteiger partial charge on any atom is -0.300 e. The van der Waals surface area contributed by atoms with E-state index in [1.54, 1.807) is 6.07 Å². The Morgan fingerprint density at radius 3 is 2.58 bits per heavy atom. The molecular formula is C22H30N4O3S2. The third-order valence-corrected chi connectivity index (χ3v) is 8.82. The molecular weight excluding hydrogens is 432 g/mol. The highest BCUT2D eigenvalue weighted by Gasteiger charge is 2.33. The first-order valence-corrected chi connectivity index (χ1v) is 13.3. The second-order valence-electron chi connectivity index (χ2n) is 8.90. The summed E-state index contributed by atoms with van der Waals surface area (Å²) in [6.07, 6.45) is 6.12. The quantitative estimate of drug-likeness (QED) is 0.707. The molecule has 168 valence electrons. The highest BCUT2D eigenvalue weighted by atomic mass is 32.2. The molecule has 9 heteroatoms. The van der Waals surface area contributed by atoms with Crippen molar-refractivity contribution < 1.29 is 13.2 Å². The van der Waals surface area contributed by atoms with Gasteiger partial charge in [0, 0.05) is 25.4 Å². The van der Waals surface area contributed by atoms with E-state index >= 15 is 0 Å². The Morgan fingerprint density at radius 1 is 1.16 bits per heavy atom. The number of fused-ring (bicyclic) bond motifs is 1. The highest BCUT2D eigenvalue weighted by molar-refractivity contribution is 7.89. The van der Waals surface area contributed by atoms with Crippen LogP contribution in [0.15, 0.2) is 23.1 Å². The maximum Gasteiger partial charge on any atom is 0.243 e. The number of piperidine rings is 1. The van der Waals surface area contributed by atoms with Crippen LogP contribution < -0.4 is 5.32 Å². The Kier molecular flexibility index (Phi) is 6.74. The summed E-state index contributed by atoms with van der Waals surface area (Å²) in [5.74, 6) is 0.170. The molecule has 1 saturated heterocycles. The fourth-order valence-electron chi connectivity index (χ4n) is 4.32. The van der Waals surface area contributed by atoms with Gasteiger partial charge in [-0.1, -0.05) is 31.3 Å². The molecule has 0 atom stereocenters. The number of nitrogens with zero attached hydrogens (tertiary/aromatic N) is 3. The van der Waals surface area contributed by atoms with E-state index < -0.39 is 10.0 Å². The van der Waals surface area contributed by atoms with Crippen molar-refractivity contribution in [2.24, 2.45) is 11.8 Å². The number of carbonyl (C=O) groups is 1. The van der Waals surface area contributed by atoms with Crippen molar-refractivity contribution in [3.63, 3.8) is 0 Å². The first kappa shape index (κ1) is 22.4. The standard InChI is InChI=1S/C22H30N4O3S2/c1-15(2)13-20-24-25-22(30-20)23-21(27)17-9-11-26(12-10-17)31(28,29)19-8-7-16-5-3-4-6-18(16)14-19/h7-8,14-15,17H,3-6,9-13H2,1-2H3,(H,23,25,27). The largest absolute Gasteiger partial charge is 0.300 e. The van der Waals surface area contributed by atoms with Crippen LogP contribution in [0.4, 0.5) is 5.13 Å². The molecule has 2 heterocycles.